The Kier molecular flexibility index (Phi) is 4.97. The van der Waals surface area contributed by atoms with E-state index in [1.165, 1.54) is 5.56 Å². The molecule has 1 aromatic rings. The largest absolute Gasteiger partial charge is 0.374 e. The molecule has 132 valence electrons. The number of hydrogen-bond donors (Lipinski definition) is 1. The molecule has 2 fully saturated rings. The number of carbonyl (C=O) groups excluding carboxylic acids is 1. The summed E-state index contributed by atoms with van der Waals surface area (Å²) in [5, 5.41) is 3.07. The number of sulfone groups is 1. The van der Waals surface area contributed by atoms with Crippen molar-refractivity contribution in [2.24, 2.45) is 0 Å². The van der Waals surface area contributed by atoms with Crippen molar-refractivity contribution in [1.82, 2.24) is 5.32 Å². The van der Waals surface area contributed by atoms with Gasteiger partial charge in [-0.3, -0.25) is 4.79 Å². The predicted molar refractivity (Wildman–Crippen MR) is 92.6 cm³/mol. The van der Waals surface area contributed by atoms with Gasteiger partial charge < -0.3 is 10.1 Å². The van der Waals surface area contributed by atoms with Crippen molar-refractivity contribution in [1.29, 1.82) is 0 Å². The number of rotatable bonds is 4. The Balaban J connectivity index is 1.50. The maximum Gasteiger partial charge on any atom is 0.220 e. The first-order valence-electron chi connectivity index (χ1n) is 8.55. The molecule has 0 bridgehead atoms. The highest BCUT2D eigenvalue weighted by Gasteiger charge is 2.46. The topological polar surface area (TPSA) is 72.5 Å². The summed E-state index contributed by atoms with van der Waals surface area (Å²) in [6.45, 7) is 2.55. The lowest BCUT2D eigenvalue weighted by atomic mass is 9.90. The maximum absolute atomic E-state index is 12.2. The van der Waals surface area contributed by atoms with Crippen molar-refractivity contribution < 1.29 is 17.9 Å². The van der Waals surface area contributed by atoms with E-state index in [4.69, 9.17) is 4.74 Å². The van der Waals surface area contributed by atoms with Gasteiger partial charge in [0.15, 0.2) is 9.84 Å². The van der Waals surface area contributed by atoms with Crippen LogP contribution in [0.1, 0.15) is 36.8 Å². The SMILES string of the molecule is Cc1ccc(CCC(=O)NC2CCOC3(CCS(=O)(=O)C3)C2)cc1. The number of aryl methyl sites for hydroxylation is 2. The molecule has 2 saturated heterocycles. The summed E-state index contributed by atoms with van der Waals surface area (Å²) in [6.07, 6.45) is 3.06. The zero-order chi connectivity index (χ0) is 17.2. The van der Waals surface area contributed by atoms with Crippen LogP contribution in [0.5, 0.6) is 0 Å². The molecule has 0 saturated carbocycles. The summed E-state index contributed by atoms with van der Waals surface area (Å²) in [4.78, 5) is 12.2. The summed E-state index contributed by atoms with van der Waals surface area (Å²) in [6, 6.07) is 8.22. The molecule has 6 heteroatoms. The molecule has 2 unspecified atom stereocenters. The minimum absolute atomic E-state index is 0.0116. The van der Waals surface area contributed by atoms with Crippen LogP contribution < -0.4 is 5.32 Å². The number of amides is 1. The number of ether oxygens (including phenoxy) is 1. The third kappa shape index (κ3) is 4.36. The van der Waals surface area contributed by atoms with Crippen LogP contribution in [0.4, 0.5) is 0 Å². The van der Waals surface area contributed by atoms with Crippen molar-refractivity contribution in [3.63, 3.8) is 0 Å². The Hall–Kier alpha value is -1.40. The highest BCUT2D eigenvalue weighted by Crippen LogP contribution is 2.35. The van der Waals surface area contributed by atoms with Crippen LogP contribution >= 0.6 is 0 Å². The molecule has 0 aromatic heterocycles. The normalized spacial score (nSPS) is 28.8. The third-order valence-corrected chi connectivity index (χ3v) is 6.76. The highest BCUT2D eigenvalue weighted by molar-refractivity contribution is 7.91. The molecule has 1 amide bonds. The van der Waals surface area contributed by atoms with E-state index in [1.54, 1.807) is 0 Å². The Morgan fingerprint density at radius 1 is 1.33 bits per heavy atom. The minimum atomic E-state index is -2.99. The van der Waals surface area contributed by atoms with E-state index in [9.17, 15) is 13.2 Å². The Morgan fingerprint density at radius 2 is 2.08 bits per heavy atom. The average Bonchev–Trinajstić information content (AvgIpc) is 2.81. The Morgan fingerprint density at radius 3 is 2.75 bits per heavy atom. The number of benzene rings is 1. The molecule has 2 atom stereocenters. The van der Waals surface area contributed by atoms with E-state index in [0.717, 1.165) is 18.4 Å². The lowest BCUT2D eigenvalue weighted by molar-refractivity contribution is -0.124. The second-order valence-electron chi connectivity index (χ2n) is 7.12. The van der Waals surface area contributed by atoms with Crippen molar-refractivity contribution >= 4 is 15.7 Å². The molecule has 2 aliphatic rings. The lowest BCUT2D eigenvalue weighted by Crippen LogP contribution is -2.49. The second kappa shape index (κ2) is 6.84. The first-order valence-corrected chi connectivity index (χ1v) is 10.4. The van der Waals surface area contributed by atoms with Gasteiger partial charge in [-0.2, -0.15) is 0 Å². The number of nitrogens with one attached hydrogen (secondary N) is 1. The van der Waals surface area contributed by atoms with E-state index in [2.05, 4.69) is 29.6 Å². The van der Waals surface area contributed by atoms with E-state index < -0.39 is 15.4 Å². The van der Waals surface area contributed by atoms with Crippen molar-refractivity contribution in [3.05, 3.63) is 35.4 Å². The molecule has 1 aromatic carbocycles. The third-order valence-electron chi connectivity index (χ3n) is 4.97. The first-order chi connectivity index (χ1) is 11.4. The molecule has 24 heavy (non-hydrogen) atoms. The molecule has 2 aliphatic heterocycles. The lowest BCUT2D eigenvalue weighted by Gasteiger charge is -2.37. The smallest absolute Gasteiger partial charge is 0.220 e. The zero-order valence-corrected chi connectivity index (χ0v) is 14.9. The van der Waals surface area contributed by atoms with Gasteiger partial charge in [0.05, 0.1) is 17.1 Å². The highest BCUT2D eigenvalue weighted by atomic mass is 32.2. The van der Waals surface area contributed by atoms with Crippen molar-refractivity contribution in [2.45, 2.75) is 50.7 Å². The Bertz CT molecular complexity index is 698. The van der Waals surface area contributed by atoms with Crippen LogP contribution in [0.25, 0.3) is 0 Å². The molecule has 0 aliphatic carbocycles. The van der Waals surface area contributed by atoms with Gasteiger partial charge in [-0.1, -0.05) is 29.8 Å². The van der Waals surface area contributed by atoms with Crippen LogP contribution in [-0.2, 0) is 25.8 Å². The molecule has 0 radical (unpaired) electrons. The van der Waals surface area contributed by atoms with Crippen molar-refractivity contribution in [2.75, 3.05) is 18.1 Å². The first kappa shape index (κ1) is 17.4. The van der Waals surface area contributed by atoms with Gasteiger partial charge in [-0.15, -0.1) is 0 Å². The van der Waals surface area contributed by atoms with Gasteiger partial charge in [-0.25, -0.2) is 8.42 Å². The van der Waals surface area contributed by atoms with Crippen LogP contribution in [0.3, 0.4) is 0 Å². The molecule has 1 spiro atoms. The molecule has 5 nitrogen and oxygen atoms in total. The van der Waals surface area contributed by atoms with Gasteiger partial charge in [-0.05, 0) is 38.2 Å². The Labute approximate surface area is 143 Å². The van der Waals surface area contributed by atoms with Crippen LogP contribution in [0.2, 0.25) is 0 Å². The van der Waals surface area contributed by atoms with Gasteiger partial charge in [0.25, 0.3) is 0 Å². The van der Waals surface area contributed by atoms with Crippen LogP contribution in [0, 0.1) is 6.92 Å². The molecular weight excluding hydrogens is 326 g/mol. The van der Waals surface area contributed by atoms with Gasteiger partial charge in [0, 0.05) is 19.1 Å². The molecule has 1 N–H and O–H groups in total. The summed E-state index contributed by atoms with van der Waals surface area (Å²) >= 11 is 0. The fraction of sp³-hybridized carbons (Fsp3) is 0.611. The second-order valence-corrected chi connectivity index (χ2v) is 9.30. The summed E-state index contributed by atoms with van der Waals surface area (Å²) in [5.74, 6) is 0.315. The van der Waals surface area contributed by atoms with Crippen LogP contribution in [-0.4, -0.2) is 44.1 Å². The van der Waals surface area contributed by atoms with Gasteiger partial charge in [0.2, 0.25) is 5.91 Å². The zero-order valence-electron chi connectivity index (χ0n) is 14.1. The quantitative estimate of drug-likeness (QED) is 0.897. The fourth-order valence-corrected chi connectivity index (χ4v) is 5.60. The predicted octanol–water partition coefficient (Wildman–Crippen LogP) is 1.78. The van der Waals surface area contributed by atoms with E-state index in [0.29, 0.717) is 25.9 Å². The monoisotopic (exact) mass is 351 g/mol. The fourth-order valence-electron chi connectivity index (χ4n) is 3.62. The summed E-state index contributed by atoms with van der Waals surface area (Å²) in [7, 11) is -2.99. The van der Waals surface area contributed by atoms with E-state index in [-0.39, 0.29) is 23.5 Å². The van der Waals surface area contributed by atoms with Crippen LogP contribution in [0.15, 0.2) is 24.3 Å². The maximum atomic E-state index is 12.2. The van der Waals surface area contributed by atoms with E-state index >= 15 is 0 Å². The molecular formula is C18H25NO4S. The van der Waals surface area contributed by atoms with E-state index in [1.807, 2.05) is 6.92 Å². The van der Waals surface area contributed by atoms with Gasteiger partial charge in [0.1, 0.15) is 0 Å². The standard InChI is InChI=1S/C18H25NO4S/c1-14-2-4-15(5-3-14)6-7-17(20)19-16-8-10-23-18(12-16)9-11-24(21,22)13-18/h2-5,16H,6-13H2,1H3,(H,19,20). The number of carbonyl (C=O) groups is 1. The molecule has 3 rings (SSSR count). The van der Waals surface area contributed by atoms with Gasteiger partial charge >= 0.3 is 0 Å². The summed E-state index contributed by atoms with van der Waals surface area (Å²) < 4.78 is 29.3. The minimum Gasteiger partial charge on any atom is -0.374 e. The molecule has 2 heterocycles. The number of hydrogen-bond acceptors (Lipinski definition) is 4. The van der Waals surface area contributed by atoms with Crippen molar-refractivity contribution in [3.8, 4) is 0 Å². The summed E-state index contributed by atoms with van der Waals surface area (Å²) in [5.41, 5.74) is 1.79. The average molecular weight is 351 g/mol.